The summed E-state index contributed by atoms with van der Waals surface area (Å²) < 4.78 is 0. The third kappa shape index (κ3) is 4.43. The number of anilines is 1. The third-order valence-electron chi connectivity index (χ3n) is 7.45. The molecule has 38 heavy (non-hydrogen) atoms. The van der Waals surface area contributed by atoms with Crippen molar-refractivity contribution in [1.82, 2.24) is 9.88 Å². The van der Waals surface area contributed by atoms with Crippen molar-refractivity contribution >= 4 is 28.0 Å². The first-order valence-electron chi connectivity index (χ1n) is 13.1. The van der Waals surface area contributed by atoms with E-state index in [9.17, 15) is 5.11 Å². The largest absolute Gasteiger partial charge is 0.494 e. The number of fused-ring (bicyclic) bond motifs is 2. The van der Waals surface area contributed by atoms with Crippen LogP contribution in [0.25, 0.3) is 16.5 Å². The second-order valence-corrected chi connectivity index (χ2v) is 9.87. The van der Waals surface area contributed by atoms with Gasteiger partial charge < -0.3 is 26.0 Å². The summed E-state index contributed by atoms with van der Waals surface area (Å²) in [5, 5.41) is 25.3. The maximum atomic E-state index is 11.2. The fraction of sp³-hybridized carbons (Fsp3) is 0.233. The van der Waals surface area contributed by atoms with Crippen LogP contribution in [0.4, 0.5) is 5.69 Å². The van der Waals surface area contributed by atoms with Gasteiger partial charge in [0.1, 0.15) is 5.84 Å². The van der Waals surface area contributed by atoms with Gasteiger partial charge >= 0.3 is 0 Å². The van der Waals surface area contributed by atoms with Crippen molar-refractivity contribution in [2.45, 2.75) is 25.8 Å². The lowest BCUT2D eigenvalue weighted by molar-refractivity contribution is 0.229. The predicted molar refractivity (Wildman–Crippen MR) is 151 cm³/mol. The number of amidine groups is 1. The van der Waals surface area contributed by atoms with Crippen molar-refractivity contribution in [2.75, 3.05) is 25.0 Å². The lowest BCUT2D eigenvalue weighted by atomic mass is 9.95. The number of benzene rings is 3. The molecule has 192 valence electrons. The lowest BCUT2D eigenvalue weighted by Crippen LogP contribution is -2.38. The molecule has 6 N–H and O–H groups in total. The van der Waals surface area contributed by atoms with Crippen LogP contribution in [-0.2, 0) is 0 Å². The highest BCUT2D eigenvalue weighted by molar-refractivity contribution is 6.03. The number of likely N-dealkylation sites (tertiary alicyclic amines) is 1. The Hall–Kier alpha value is -4.43. The molecule has 0 bridgehead atoms. The van der Waals surface area contributed by atoms with Gasteiger partial charge in [-0.1, -0.05) is 37.3 Å². The molecule has 2 aliphatic rings. The van der Waals surface area contributed by atoms with Crippen LogP contribution in [0.5, 0.6) is 5.88 Å². The molecule has 1 aromatic heterocycles. The number of nitrogen functional groups attached to an aromatic ring is 1. The summed E-state index contributed by atoms with van der Waals surface area (Å²) in [5.41, 5.74) is 10.3. The summed E-state index contributed by atoms with van der Waals surface area (Å²) in [4.78, 5) is 15.3. The van der Waals surface area contributed by atoms with E-state index in [0.29, 0.717) is 28.6 Å². The maximum Gasteiger partial charge on any atom is 0.197 e. The van der Waals surface area contributed by atoms with Gasteiger partial charge in [0.25, 0.3) is 0 Å². The second kappa shape index (κ2) is 9.79. The van der Waals surface area contributed by atoms with Gasteiger partial charge in [-0.05, 0) is 61.3 Å². The van der Waals surface area contributed by atoms with Crippen LogP contribution in [0.3, 0.4) is 0 Å². The Balaban J connectivity index is 1.50. The Morgan fingerprint density at radius 2 is 1.74 bits per heavy atom. The Kier molecular flexibility index (Phi) is 6.17. The van der Waals surface area contributed by atoms with E-state index in [1.807, 2.05) is 48.5 Å². The van der Waals surface area contributed by atoms with Gasteiger partial charge in [0, 0.05) is 46.9 Å². The van der Waals surface area contributed by atoms with E-state index in [1.165, 1.54) is 0 Å². The zero-order valence-electron chi connectivity index (χ0n) is 21.3. The molecule has 3 aromatic carbocycles. The molecular formula is C30H31N7O. The van der Waals surface area contributed by atoms with Crippen molar-refractivity contribution in [3.8, 4) is 5.88 Å². The number of hydrogen-bond donors (Lipinski definition) is 5. The van der Waals surface area contributed by atoms with Gasteiger partial charge in [-0.15, -0.1) is 0 Å². The zero-order valence-corrected chi connectivity index (χ0v) is 21.3. The van der Waals surface area contributed by atoms with Crippen LogP contribution < -0.4 is 21.8 Å². The second-order valence-electron chi connectivity index (χ2n) is 9.87. The van der Waals surface area contributed by atoms with Crippen molar-refractivity contribution in [3.63, 3.8) is 0 Å². The van der Waals surface area contributed by atoms with E-state index < -0.39 is 0 Å². The van der Waals surface area contributed by atoms with Gasteiger partial charge in [0.15, 0.2) is 11.7 Å². The quantitative estimate of drug-likeness (QED) is 0.202. The molecule has 3 heterocycles. The topological polar surface area (TPSA) is 126 Å². The average molecular weight is 506 g/mol. The van der Waals surface area contributed by atoms with E-state index in [-0.39, 0.29) is 11.7 Å². The van der Waals surface area contributed by atoms with Crippen LogP contribution in [0.15, 0.2) is 82.5 Å². The van der Waals surface area contributed by atoms with Gasteiger partial charge in [-0.3, -0.25) is 5.41 Å². The Morgan fingerprint density at radius 1 is 1.03 bits per heavy atom. The number of nitrogens with two attached hydrogens (primary N) is 1. The fourth-order valence-corrected chi connectivity index (χ4v) is 5.40. The predicted octanol–water partition coefficient (Wildman–Crippen LogP) is 3.72. The number of para-hydroxylation sites is 2. The maximum absolute atomic E-state index is 11.2. The smallest absolute Gasteiger partial charge is 0.197 e. The minimum Gasteiger partial charge on any atom is -0.494 e. The minimum absolute atomic E-state index is 0.0245. The highest BCUT2D eigenvalue weighted by Gasteiger charge is 2.24. The zero-order chi connectivity index (χ0) is 26.2. The van der Waals surface area contributed by atoms with Crippen LogP contribution in [0.1, 0.15) is 36.5 Å². The minimum atomic E-state index is -0.0245. The molecule has 1 saturated heterocycles. The monoisotopic (exact) mass is 505 g/mol. The van der Waals surface area contributed by atoms with Gasteiger partial charge in [0.2, 0.25) is 0 Å². The molecule has 6 rings (SSSR count). The molecular weight excluding hydrogens is 474 g/mol. The van der Waals surface area contributed by atoms with E-state index in [2.05, 4.69) is 34.3 Å². The van der Waals surface area contributed by atoms with Crippen LogP contribution >= 0.6 is 0 Å². The summed E-state index contributed by atoms with van der Waals surface area (Å²) >= 11 is 0. The van der Waals surface area contributed by atoms with Crippen molar-refractivity contribution < 1.29 is 5.11 Å². The number of nitrogens with one attached hydrogen (secondary N) is 3. The summed E-state index contributed by atoms with van der Waals surface area (Å²) in [5.74, 6) is 0.530. The molecule has 0 atom stereocenters. The number of nitrogens with zero attached hydrogens (tertiary/aromatic N) is 3. The lowest BCUT2D eigenvalue weighted by Gasteiger charge is -2.32. The highest BCUT2D eigenvalue weighted by Crippen LogP contribution is 2.40. The standard InChI is InChI=1S/C30H31N7O/c1-2-37-14-12-20(13-15-37)33-21-10-11-23-22(17-21)27(30(38)36-23)26(18-6-5-7-19(16-18)28(31)32)29-34-24-8-3-4-9-25(24)35-29/h3-11,16-17,20,33,36,38H,2,12-15H2,1H3,(H3,31,32). The number of hydrogen-bond acceptors (Lipinski definition) is 6. The summed E-state index contributed by atoms with van der Waals surface area (Å²) in [7, 11) is 0. The van der Waals surface area contributed by atoms with E-state index in [0.717, 1.165) is 65.3 Å². The number of aromatic nitrogens is 1. The number of H-pyrrole nitrogens is 1. The number of aromatic amines is 1. The summed E-state index contributed by atoms with van der Waals surface area (Å²) in [6.07, 6.45) is 2.19. The first-order valence-corrected chi connectivity index (χ1v) is 13.1. The Labute approximate surface area is 220 Å². The molecule has 0 spiro atoms. The van der Waals surface area contributed by atoms with E-state index in [4.69, 9.17) is 21.1 Å². The molecule has 4 aromatic rings. The van der Waals surface area contributed by atoms with Crippen LogP contribution in [-0.4, -0.2) is 46.5 Å². The van der Waals surface area contributed by atoms with Gasteiger partial charge in [-0.25, -0.2) is 9.98 Å². The number of aromatic hydroxyl groups is 1. The SMILES string of the molecule is CCN1CCC(Nc2ccc3[nH]c(O)c(C(=C4N=c5ccccc5=N4)c4cccc(C(=N)N)c4)c3c2)CC1. The third-order valence-corrected chi connectivity index (χ3v) is 7.45. The van der Waals surface area contributed by atoms with Crippen molar-refractivity contribution in [2.24, 2.45) is 15.7 Å². The molecule has 0 amide bonds. The first-order chi connectivity index (χ1) is 18.5. The fourth-order valence-electron chi connectivity index (χ4n) is 5.40. The van der Waals surface area contributed by atoms with Crippen LogP contribution in [0, 0.1) is 5.41 Å². The van der Waals surface area contributed by atoms with Crippen molar-refractivity contribution in [3.05, 3.63) is 100.0 Å². The summed E-state index contributed by atoms with van der Waals surface area (Å²) in [6, 6.07) is 21.7. The van der Waals surface area contributed by atoms with Crippen LogP contribution in [0.2, 0.25) is 0 Å². The van der Waals surface area contributed by atoms with Crippen molar-refractivity contribution in [1.29, 1.82) is 5.41 Å². The molecule has 1 fully saturated rings. The Morgan fingerprint density at radius 3 is 2.42 bits per heavy atom. The molecule has 2 aliphatic heterocycles. The van der Waals surface area contributed by atoms with E-state index in [1.54, 1.807) is 6.07 Å². The highest BCUT2D eigenvalue weighted by atomic mass is 16.3. The molecule has 8 heteroatoms. The molecule has 8 nitrogen and oxygen atoms in total. The molecule has 0 saturated carbocycles. The summed E-state index contributed by atoms with van der Waals surface area (Å²) in [6.45, 7) is 5.49. The van der Waals surface area contributed by atoms with Gasteiger partial charge in [-0.2, -0.15) is 0 Å². The first kappa shape index (κ1) is 23.9. The van der Waals surface area contributed by atoms with Gasteiger partial charge in [0.05, 0.1) is 16.3 Å². The van der Waals surface area contributed by atoms with E-state index >= 15 is 0 Å². The number of piperidine rings is 1. The number of rotatable bonds is 6. The molecule has 0 aliphatic carbocycles. The normalized spacial score (nSPS) is 15.7. The molecule has 0 radical (unpaired) electrons. The average Bonchev–Trinajstić information content (AvgIpc) is 3.50. The Bertz CT molecular complexity index is 1660. The molecule has 0 unspecified atom stereocenters.